The van der Waals surface area contributed by atoms with Crippen molar-refractivity contribution in [1.29, 1.82) is 0 Å². The standard InChI is InChI=1S/C9H14N4O/c10-8-11-7(14-12-8)5-9-1-3-13(6-9)4-2-9/h1-6H2,(H2,10,12). The molecule has 0 atom stereocenters. The van der Waals surface area contributed by atoms with Crippen LogP contribution < -0.4 is 5.73 Å². The molecule has 5 nitrogen and oxygen atoms in total. The molecular formula is C9H14N4O. The summed E-state index contributed by atoms with van der Waals surface area (Å²) in [5.74, 6) is 0.954. The molecule has 2 aliphatic rings. The molecule has 0 aliphatic carbocycles. The number of nitrogens with two attached hydrogens (primary N) is 1. The fourth-order valence-electron chi connectivity index (χ4n) is 2.71. The van der Waals surface area contributed by atoms with E-state index < -0.39 is 0 Å². The molecule has 0 aromatic carbocycles. The summed E-state index contributed by atoms with van der Waals surface area (Å²) in [6.45, 7) is 3.64. The van der Waals surface area contributed by atoms with Gasteiger partial charge in [-0.05, 0) is 36.5 Å². The number of nitrogens with zero attached hydrogens (tertiary/aromatic N) is 3. The maximum Gasteiger partial charge on any atom is 0.260 e. The van der Waals surface area contributed by atoms with Crippen LogP contribution in [0.5, 0.6) is 0 Å². The highest BCUT2D eigenvalue weighted by Crippen LogP contribution is 2.42. The van der Waals surface area contributed by atoms with Crippen LogP contribution in [0.4, 0.5) is 5.95 Å². The van der Waals surface area contributed by atoms with Crippen molar-refractivity contribution in [3.8, 4) is 0 Å². The minimum absolute atomic E-state index is 0.254. The summed E-state index contributed by atoms with van der Waals surface area (Å²) in [5.41, 5.74) is 5.82. The zero-order valence-corrected chi connectivity index (χ0v) is 8.07. The first kappa shape index (κ1) is 8.23. The highest BCUT2D eigenvalue weighted by Gasteiger charge is 2.44. The third-order valence-corrected chi connectivity index (χ3v) is 3.49. The van der Waals surface area contributed by atoms with Gasteiger partial charge in [0, 0.05) is 13.0 Å². The number of fused-ring (bicyclic) bond motifs is 2. The van der Waals surface area contributed by atoms with Crippen molar-refractivity contribution in [2.75, 3.05) is 25.4 Å². The lowest BCUT2D eigenvalue weighted by Crippen LogP contribution is -2.22. The maximum absolute atomic E-state index is 5.42. The Morgan fingerprint density at radius 2 is 2.21 bits per heavy atom. The van der Waals surface area contributed by atoms with E-state index in [2.05, 4.69) is 15.0 Å². The Labute approximate surface area is 82.3 Å². The summed E-state index contributed by atoms with van der Waals surface area (Å²) in [7, 11) is 0. The topological polar surface area (TPSA) is 68.2 Å². The van der Waals surface area contributed by atoms with E-state index in [4.69, 9.17) is 10.3 Å². The molecule has 2 fully saturated rings. The lowest BCUT2D eigenvalue weighted by atomic mass is 9.81. The predicted molar refractivity (Wildman–Crippen MR) is 50.5 cm³/mol. The van der Waals surface area contributed by atoms with Gasteiger partial charge in [-0.2, -0.15) is 4.98 Å². The van der Waals surface area contributed by atoms with Crippen molar-refractivity contribution in [3.05, 3.63) is 5.89 Å². The minimum Gasteiger partial charge on any atom is -0.365 e. The van der Waals surface area contributed by atoms with E-state index in [-0.39, 0.29) is 5.95 Å². The molecule has 14 heavy (non-hydrogen) atoms. The van der Waals surface area contributed by atoms with Crippen LogP contribution in [0.3, 0.4) is 0 Å². The van der Waals surface area contributed by atoms with Crippen LogP contribution in [0.15, 0.2) is 4.52 Å². The molecule has 0 unspecified atom stereocenters. The van der Waals surface area contributed by atoms with Crippen LogP contribution >= 0.6 is 0 Å². The summed E-state index contributed by atoms with van der Waals surface area (Å²) in [5, 5.41) is 3.62. The lowest BCUT2D eigenvalue weighted by molar-refractivity contribution is 0.272. The fourth-order valence-corrected chi connectivity index (χ4v) is 2.71. The van der Waals surface area contributed by atoms with Crippen LogP contribution in [0.1, 0.15) is 18.7 Å². The van der Waals surface area contributed by atoms with E-state index in [0.29, 0.717) is 11.3 Å². The Balaban J connectivity index is 1.78. The smallest absolute Gasteiger partial charge is 0.260 e. The first-order chi connectivity index (χ1) is 6.76. The molecule has 0 radical (unpaired) electrons. The Hall–Kier alpha value is -1.10. The SMILES string of the molecule is Nc1noc(CC23CCN(CC2)C3)n1. The van der Waals surface area contributed by atoms with Gasteiger partial charge in [-0.3, -0.25) is 0 Å². The second-order valence-corrected chi connectivity index (χ2v) is 4.50. The molecule has 3 rings (SSSR count). The molecule has 2 bridgehead atoms. The average Bonchev–Trinajstić information content (AvgIpc) is 2.82. The maximum atomic E-state index is 5.42. The molecule has 1 aromatic rings. The second kappa shape index (κ2) is 2.70. The van der Waals surface area contributed by atoms with Crippen LogP contribution in [0.2, 0.25) is 0 Å². The van der Waals surface area contributed by atoms with Crippen LogP contribution in [-0.2, 0) is 6.42 Å². The van der Waals surface area contributed by atoms with Gasteiger partial charge in [0.15, 0.2) is 0 Å². The van der Waals surface area contributed by atoms with Crippen molar-refractivity contribution in [2.24, 2.45) is 5.41 Å². The Morgan fingerprint density at radius 3 is 2.71 bits per heavy atom. The van der Waals surface area contributed by atoms with Gasteiger partial charge in [0.2, 0.25) is 5.89 Å². The molecule has 2 aliphatic heterocycles. The lowest BCUT2D eigenvalue weighted by Gasteiger charge is -2.22. The number of rotatable bonds is 2. The van der Waals surface area contributed by atoms with Gasteiger partial charge in [-0.25, -0.2) is 0 Å². The Morgan fingerprint density at radius 1 is 1.43 bits per heavy atom. The summed E-state index contributed by atoms with van der Waals surface area (Å²) in [6.07, 6.45) is 3.41. The third-order valence-electron chi connectivity index (χ3n) is 3.49. The molecule has 2 saturated heterocycles. The van der Waals surface area contributed by atoms with Gasteiger partial charge in [0.1, 0.15) is 0 Å². The zero-order valence-electron chi connectivity index (χ0n) is 8.07. The van der Waals surface area contributed by atoms with Gasteiger partial charge in [-0.15, -0.1) is 0 Å². The number of aromatic nitrogens is 2. The van der Waals surface area contributed by atoms with E-state index in [1.54, 1.807) is 0 Å². The highest BCUT2D eigenvalue weighted by atomic mass is 16.5. The van der Waals surface area contributed by atoms with Crippen molar-refractivity contribution < 1.29 is 4.52 Å². The molecule has 5 heteroatoms. The molecule has 0 spiro atoms. The first-order valence-corrected chi connectivity index (χ1v) is 5.06. The minimum atomic E-state index is 0.254. The number of hydrogen-bond acceptors (Lipinski definition) is 5. The normalized spacial score (nSPS) is 35.3. The number of piperidine rings is 1. The molecular weight excluding hydrogens is 180 g/mol. The molecule has 0 saturated carbocycles. The molecule has 3 heterocycles. The van der Waals surface area contributed by atoms with Gasteiger partial charge in [0.25, 0.3) is 5.95 Å². The monoisotopic (exact) mass is 194 g/mol. The summed E-state index contributed by atoms with van der Waals surface area (Å²) in [6, 6.07) is 0. The van der Waals surface area contributed by atoms with Crippen LogP contribution in [-0.4, -0.2) is 34.7 Å². The summed E-state index contributed by atoms with van der Waals surface area (Å²) in [4.78, 5) is 6.57. The van der Waals surface area contributed by atoms with E-state index in [0.717, 1.165) is 6.42 Å². The van der Waals surface area contributed by atoms with E-state index in [1.807, 2.05) is 0 Å². The van der Waals surface area contributed by atoms with Crippen molar-refractivity contribution in [1.82, 2.24) is 15.0 Å². The molecule has 2 N–H and O–H groups in total. The third kappa shape index (κ3) is 1.19. The quantitative estimate of drug-likeness (QED) is 0.732. The molecule has 0 amide bonds. The van der Waals surface area contributed by atoms with Gasteiger partial charge >= 0.3 is 0 Å². The van der Waals surface area contributed by atoms with Gasteiger partial charge in [-0.1, -0.05) is 0 Å². The van der Waals surface area contributed by atoms with Gasteiger partial charge < -0.3 is 15.2 Å². The molecule has 76 valence electrons. The van der Waals surface area contributed by atoms with E-state index in [1.165, 1.54) is 32.5 Å². The predicted octanol–water partition coefficient (Wildman–Crippen LogP) is 0.290. The van der Waals surface area contributed by atoms with E-state index >= 15 is 0 Å². The number of anilines is 1. The Kier molecular flexibility index (Phi) is 1.58. The average molecular weight is 194 g/mol. The summed E-state index contributed by atoms with van der Waals surface area (Å²) < 4.78 is 5.07. The Bertz CT molecular complexity index is 340. The zero-order chi connectivity index (χ0) is 9.60. The van der Waals surface area contributed by atoms with E-state index in [9.17, 15) is 0 Å². The molecule has 1 aromatic heterocycles. The summed E-state index contributed by atoms with van der Waals surface area (Å²) >= 11 is 0. The van der Waals surface area contributed by atoms with Crippen molar-refractivity contribution >= 4 is 5.95 Å². The second-order valence-electron chi connectivity index (χ2n) is 4.50. The van der Waals surface area contributed by atoms with Crippen molar-refractivity contribution in [3.63, 3.8) is 0 Å². The highest BCUT2D eigenvalue weighted by molar-refractivity contribution is 5.12. The van der Waals surface area contributed by atoms with Gasteiger partial charge in [0.05, 0.1) is 0 Å². The largest absolute Gasteiger partial charge is 0.365 e. The fraction of sp³-hybridized carbons (Fsp3) is 0.778. The number of hydrogen-bond donors (Lipinski definition) is 1. The first-order valence-electron chi connectivity index (χ1n) is 5.06. The van der Waals surface area contributed by atoms with Crippen LogP contribution in [0.25, 0.3) is 0 Å². The van der Waals surface area contributed by atoms with Crippen LogP contribution in [0, 0.1) is 5.41 Å². The van der Waals surface area contributed by atoms with Crippen molar-refractivity contribution in [2.45, 2.75) is 19.3 Å². The number of nitrogen functional groups attached to an aromatic ring is 1.